The van der Waals surface area contributed by atoms with E-state index in [-0.39, 0.29) is 11.5 Å². The Hall–Kier alpha value is -1.76. The molecular formula is C18H28N4O2S. The van der Waals surface area contributed by atoms with E-state index in [1.165, 1.54) is 12.8 Å². The number of aliphatic imine (C=N–C) groups is 1. The van der Waals surface area contributed by atoms with Crippen molar-refractivity contribution in [2.24, 2.45) is 16.6 Å². The Labute approximate surface area is 150 Å². The highest BCUT2D eigenvalue weighted by atomic mass is 32.2. The summed E-state index contributed by atoms with van der Waals surface area (Å²) in [6, 6.07) is 8.18. The molecule has 0 saturated carbocycles. The number of hydrogen-bond donors (Lipinski definition) is 1. The lowest BCUT2D eigenvalue weighted by Crippen LogP contribution is -2.42. The van der Waals surface area contributed by atoms with E-state index in [2.05, 4.69) is 21.7 Å². The zero-order chi connectivity index (χ0) is 17.9. The van der Waals surface area contributed by atoms with Crippen LogP contribution < -0.4 is 10.6 Å². The molecule has 2 aliphatic rings. The Bertz CT molecular complexity index is 693. The highest BCUT2D eigenvalue weighted by molar-refractivity contribution is 7.91. The molecule has 7 heteroatoms. The lowest BCUT2D eigenvalue weighted by Gasteiger charge is -2.31. The number of benzene rings is 1. The first-order valence-corrected chi connectivity index (χ1v) is 10.8. The van der Waals surface area contributed by atoms with Gasteiger partial charge in [0, 0.05) is 31.9 Å². The maximum Gasteiger partial charge on any atom is 0.191 e. The summed E-state index contributed by atoms with van der Waals surface area (Å²) in [5, 5.41) is 0. The van der Waals surface area contributed by atoms with E-state index < -0.39 is 9.84 Å². The van der Waals surface area contributed by atoms with Crippen LogP contribution in [0.4, 0.5) is 5.69 Å². The molecule has 2 fully saturated rings. The van der Waals surface area contributed by atoms with Gasteiger partial charge in [-0.1, -0.05) is 19.1 Å². The van der Waals surface area contributed by atoms with Gasteiger partial charge in [-0.15, -0.1) is 0 Å². The van der Waals surface area contributed by atoms with Gasteiger partial charge < -0.3 is 15.5 Å². The van der Waals surface area contributed by atoms with Crippen molar-refractivity contribution in [1.29, 1.82) is 0 Å². The van der Waals surface area contributed by atoms with Gasteiger partial charge in [-0.2, -0.15) is 0 Å². The third-order valence-electron chi connectivity index (χ3n) is 5.18. The molecule has 1 aromatic rings. The molecule has 0 aromatic heterocycles. The molecule has 0 amide bonds. The van der Waals surface area contributed by atoms with Gasteiger partial charge in [-0.05, 0) is 36.5 Å². The maximum atomic E-state index is 11.5. The largest absolute Gasteiger partial charge is 0.370 e. The minimum atomic E-state index is -2.84. The van der Waals surface area contributed by atoms with Crippen LogP contribution in [0, 0.1) is 5.92 Å². The Morgan fingerprint density at radius 3 is 2.32 bits per heavy atom. The zero-order valence-electron chi connectivity index (χ0n) is 14.9. The molecule has 2 saturated heterocycles. The second-order valence-corrected chi connectivity index (χ2v) is 9.45. The highest BCUT2D eigenvalue weighted by Gasteiger charge is 2.21. The first kappa shape index (κ1) is 18.0. The number of sulfone groups is 1. The second kappa shape index (κ2) is 7.64. The van der Waals surface area contributed by atoms with Gasteiger partial charge in [0.1, 0.15) is 0 Å². The van der Waals surface area contributed by atoms with E-state index in [4.69, 9.17) is 5.73 Å². The topological polar surface area (TPSA) is 79.0 Å². The Morgan fingerprint density at radius 2 is 1.72 bits per heavy atom. The number of nitrogens with two attached hydrogens (primary N) is 1. The number of rotatable bonds is 3. The smallest absolute Gasteiger partial charge is 0.191 e. The molecule has 0 bridgehead atoms. The lowest BCUT2D eigenvalue weighted by atomic mass is 10.00. The Balaban J connectivity index is 1.55. The van der Waals surface area contributed by atoms with E-state index in [0.717, 1.165) is 30.3 Å². The van der Waals surface area contributed by atoms with Crippen molar-refractivity contribution in [2.75, 3.05) is 42.6 Å². The number of nitrogens with zero attached hydrogens (tertiary/aromatic N) is 3. The fourth-order valence-electron chi connectivity index (χ4n) is 3.29. The molecule has 0 aliphatic carbocycles. The average Bonchev–Trinajstić information content (AvgIpc) is 2.61. The van der Waals surface area contributed by atoms with Crippen molar-refractivity contribution in [3.63, 3.8) is 0 Å². The molecule has 0 unspecified atom stereocenters. The first-order chi connectivity index (χ1) is 11.9. The maximum absolute atomic E-state index is 11.5. The normalized spacial score (nSPS) is 22.2. The number of likely N-dealkylation sites (tertiary alicyclic amines) is 1. The van der Waals surface area contributed by atoms with E-state index in [0.29, 0.717) is 25.6 Å². The molecule has 0 radical (unpaired) electrons. The summed E-state index contributed by atoms with van der Waals surface area (Å²) in [6.45, 7) is 5.98. The van der Waals surface area contributed by atoms with Crippen LogP contribution in [0.1, 0.15) is 25.3 Å². The fraction of sp³-hybridized carbons (Fsp3) is 0.611. The van der Waals surface area contributed by atoms with Crippen molar-refractivity contribution in [3.8, 4) is 0 Å². The van der Waals surface area contributed by atoms with Gasteiger partial charge in [0.15, 0.2) is 15.8 Å². The van der Waals surface area contributed by atoms with E-state index in [9.17, 15) is 8.42 Å². The van der Waals surface area contributed by atoms with Crippen molar-refractivity contribution in [3.05, 3.63) is 29.8 Å². The molecule has 138 valence electrons. The van der Waals surface area contributed by atoms with Gasteiger partial charge >= 0.3 is 0 Å². The summed E-state index contributed by atoms with van der Waals surface area (Å²) in [5.74, 6) is 1.90. The van der Waals surface area contributed by atoms with Crippen LogP contribution in [0.3, 0.4) is 0 Å². The van der Waals surface area contributed by atoms with Crippen LogP contribution >= 0.6 is 0 Å². The monoisotopic (exact) mass is 364 g/mol. The molecule has 2 aliphatic heterocycles. The van der Waals surface area contributed by atoms with Crippen LogP contribution in [-0.4, -0.2) is 57.0 Å². The van der Waals surface area contributed by atoms with Crippen LogP contribution in [-0.2, 0) is 16.4 Å². The minimum absolute atomic E-state index is 0.240. The second-order valence-electron chi connectivity index (χ2n) is 7.15. The summed E-state index contributed by atoms with van der Waals surface area (Å²) in [7, 11) is -2.84. The van der Waals surface area contributed by atoms with Gasteiger partial charge in [0.2, 0.25) is 0 Å². The molecule has 3 rings (SSSR count). The molecule has 0 atom stereocenters. The van der Waals surface area contributed by atoms with Gasteiger partial charge in [0.05, 0.1) is 18.1 Å². The van der Waals surface area contributed by atoms with Crippen molar-refractivity contribution >= 4 is 21.5 Å². The van der Waals surface area contributed by atoms with Gasteiger partial charge in [0.25, 0.3) is 0 Å². The van der Waals surface area contributed by atoms with Crippen molar-refractivity contribution < 1.29 is 8.42 Å². The van der Waals surface area contributed by atoms with E-state index >= 15 is 0 Å². The highest BCUT2D eigenvalue weighted by Crippen LogP contribution is 2.19. The summed E-state index contributed by atoms with van der Waals surface area (Å²) < 4.78 is 23.0. The summed E-state index contributed by atoms with van der Waals surface area (Å²) in [5.41, 5.74) is 8.31. The summed E-state index contributed by atoms with van der Waals surface area (Å²) in [4.78, 5) is 8.82. The first-order valence-electron chi connectivity index (χ1n) is 9.02. The molecule has 1 aromatic carbocycles. The van der Waals surface area contributed by atoms with Crippen molar-refractivity contribution in [2.45, 2.75) is 26.3 Å². The average molecular weight is 365 g/mol. The predicted octanol–water partition coefficient (Wildman–Crippen LogP) is 1.47. The zero-order valence-corrected chi connectivity index (χ0v) is 15.7. The number of hydrogen-bond acceptors (Lipinski definition) is 4. The van der Waals surface area contributed by atoms with Crippen LogP contribution in [0.2, 0.25) is 0 Å². The van der Waals surface area contributed by atoms with Crippen LogP contribution in [0.5, 0.6) is 0 Å². The Morgan fingerprint density at radius 1 is 1.12 bits per heavy atom. The third kappa shape index (κ3) is 4.87. The third-order valence-corrected chi connectivity index (χ3v) is 6.79. The number of guanidine groups is 1. The lowest BCUT2D eigenvalue weighted by molar-refractivity contribution is 0.277. The quantitative estimate of drug-likeness (QED) is 0.649. The van der Waals surface area contributed by atoms with Crippen LogP contribution in [0.15, 0.2) is 29.3 Å². The number of piperidine rings is 1. The number of anilines is 1. The van der Waals surface area contributed by atoms with Crippen molar-refractivity contribution in [1.82, 2.24) is 4.90 Å². The summed E-state index contributed by atoms with van der Waals surface area (Å²) >= 11 is 0. The van der Waals surface area contributed by atoms with Crippen LogP contribution in [0.25, 0.3) is 0 Å². The molecule has 0 spiro atoms. The molecule has 6 nitrogen and oxygen atoms in total. The fourth-order valence-corrected chi connectivity index (χ4v) is 4.49. The van der Waals surface area contributed by atoms with E-state index in [1.807, 2.05) is 24.3 Å². The predicted molar refractivity (Wildman–Crippen MR) is 103 cm³/mol. The SMILES string of the molecule is CC1CCN(C(N)=NCc2ccc(N3CCS(=O)(=O)CC3)cc2)CC1. The minimum Gasteiger partial charge on any atom is -0.370 e. The molecule has 25 heavy (non-hydrogen) atoms. The summed E-state index contributed by atoms with van der Waals surface area (Å²) in [6.07, 6.45) is 2.35. The van der Waals surface area contributed by atoms with E-state index in [1.54, 1.807) is 0 Å². The molecule has 2 N–H and O–H groups in total. The Kier molecular flexibility index (Phi) is 5.51. The standard InChI is InChI=1S/C18H28N4O2S/c1-15-6-8-22(9-7-15)18(19)20-14-16-2-4-17(5-3-16)21-10-12-25(23,24)13-11-21/h2-5,15H,6-14H2,1H3,(H2,19,20). The molecular weight excluding hydrogens is 336 g/mol. The van der Waals surface area contributed by atoms with Gasteiger partial charge in [-0.3, -0.25) is 0 Å². The van der Waals surface area contributed by atoms with Gasteiger partial charge in [-0.25, -0.2) is 13.4 Å². The molecule has 2 heterocycles.